The first-order valence-electron chi connectivity index (χ1n) is 3.19. The molecule has 0 bridgehead atoms. The van der Waals surface area contributed by atoms with Crippen LogP contribution in [0.25, 0.3) is 0 Å². The molecule has 2 N–H and O–H groups in total. The number of amides is 1. The van der Waals surface area contributed by atoms with Crippen LogP contribution < -0.4 is 5.73 Å². The Labute approximate surface area is 74.1 Å². The van der Waals surface area contributed by atoms with Gasteiger partial charge in [-0.25, -0.2) is 0 Å². The van der Waals surface area contributed by atoms with Gasteiger partial charge in [-0.1, -0.05) is 17.7 Å². The van der Waals surface area contributed by atoms with Crippen molar-refractivity contribution in [3.8, 4) is 0 Å². The molecule has 0 saturated carbocycles. The molecule has 0 radical (unpaired) electrons. The van der Waals surface area contributed by atoms with Gasteiger partial charge in [0, 0.05) is 5.56 Å². The standard InChI is InChI=1S/C8H6ClNO2/c9-7-2-1-5(4-11)3-6(7)8(10)12/h1-4H,(H2,10,12). The molecule has 4 heteroatoms. The van der Waals surface area contributed by atoms with Gasteiger partial charge in [0.2, 0.25) is 5.91 Å². The van der Waals surface area contributed by atoms with Crippen LogP contribution in [0.2, 0.25) is 5.02 Å². The van der Waals surface area contributed by atoms with Crippen molar-refractivity contribution in [2.24, 2.45) is 5.73 Å². The van der Waals surface area contributed by atoms with Crippen LogP contribution in [0.15, 0.2) is 18.2 Å². The molecule has 0 aliphatic heterocycles. The highest BCUT2D eigenvalue weighted by Crippen LogP contribution is 2.15. The normalized spacial score (nSPS) is 9.42. The van der Waals surface area contributed by atoms with Crippen molar-refractivity contribution in [3.63, 3.8) is 0 Å². The first-order chi connectivity index (χ1) is 5.65. The van der Waals surface area contributed by atoms with E-state index in [1.807, 2.05) is 0 Å². The molecule has 1 aromatic carbocycles. The van der Waals surface area contributed by atoms with Gasteiger partial charge in [0.05, 0.1) is 10.6 Å². The summed E-state index contributed by atoms with van der Waals surface area (Å²) in [5.74, 6) is -0.635. The van der Waals surface area contributed by atoms with E-state index in [0.717, 1.165) is 0 Å². The molecule has 1 rings (SSSR count). The van der Waals surface area contributed by atoms with Crippen molar-refractivity contribution in [2.45, 2.75) is 0 Å². The first-order valence-corrected chi connectivity index (χ1v) is 3.57. The molecule has 0 aromatic heterocycles. The molecule has 0 atom stereocenters. The summed E-state index contributed by atoms with van der Waals surface area (Å²) in [7, 11) is 0. The average Bonchev–Trinajstić information content (AvgIpc) is 2.05. The number of carbonyl (C=O) groups is 2. The lowest BCUT2D eigenvalue weighted by Crippen LogP contribution is -2.11. The fourth-order valence-corrected chi connectivity index (χ4v) is 1.02. The molecule has 3 nitrogen and oxygen atoms in total. The zero-order valence-corrected chi connectivity index (χ0v) is 6.84. The zero-order valence-electron chi connectivity index (χ0n) is 6.08. The maximum atomic E-state index is 10.7. The highest BCUT2D eigenvalue weighted by molar-refractivity contribution is 6.33. The molecular formula is C8H6ClNO2. The highest BCUT2D eigenvalue weighted by Gasteiger charge is 2.06. The van der Waals surface area contributed by atoms with Crippen LogP contribution in [0, 0.1) is 0 Å². The second-order valence-electron chi connectivity index (χ2n) is 2.22. The summed E-state index contributed by atoms with van der Waals surface area (Å²) in [6, 6.07) is 4.34. The molecule has 1 aromatic rings. The molecule has 0 aliphatic carbocycles. The summed E-state index contributed by atoms with van der Waals surface area (Å²) in [5, 5.41) is 0.258. The van der Waals surface area contributed by atoms with E-state index in [4.69, 9.17) is 17.3 Å². The van der Waals surface area contributed by atoms with E-state index in [1.165, 1.54) is 18.2 Å². The molecule has 0 spiro atoms. The van der Waals surface area contributed by atoms with Gasteiger partial charge >= 0.3 is 0 Å². The quantitative estimate of drug-likeness (QED) is 0.702. The molecule has 0 heterocycles. The second kappa shape index (κ2) is 3.36. The summed E-state index contributed by atoms with van der Waals surface area (Å²) in [4.78, 5) is 21.0. The number of hydrogen-bond donors (Lipinski definition) is 1. The molecule has 0 unspecified atom stereocenters. The molecule has 1 amide bonds. The van der Waals surface area contributed by atoms with Crippen LogP contribution in [0.1, 0.15) is 20.7 Å². The van der Waals surface area contributed by atoms with Gasteiger partial charge in [-0.3, -0.25) is 9.59 Å². The van der Waals surface area contributed by atoms with E-state index in [1.54, 1.807) is 0 Å². The molecule has 62 valence electrons. The number of halogens is 1. The molecule has 0 saturated heterocycles. The van der Waals surface area contributed by atoms with Crippen LogP contribution >= 0.6 is 11.6 Å². The molecule has 12 heavy (non-hydrogen) atoms. The third-order valence-electron chi connectivity index (χ3n) is 1.39. The molecule has 0 aliphatic rings. The van der Waals surface area contributed by atoms with Gasteiger partial charge in [-0.2, -0.15) is 0 Å². The number of nitrogens with two attached hydrogens (primary N) is 1. The smallest absolute Gasteiger partial charge is 0.250 e. The lowest BCUT2D eigenvalue weighted by Gasteiger charge is -1.98. The van der Waals surface area contributed by atoms with Crippen molar-refractivity contribution >= 4 is 23.8 Å². The van der Waals surface area contributed by atoms with Gasteiger partial charge in [0.25, 0.3) is 0 Å². The lowest BCUT2D eigenvalue weighted by atomic mass is 10.1. The number of hydrogen-bond acceptors (Lipinski definition) is 2. The van der Waals surface area contributed by atoms with E-state index in [0.29, 0.717) is 11.8 Å². The fraction of sp³-hybridized carbons (Fsp3) is 0. The number of benzene rings is 1. The van der Waals surface area contributed by atoms with Crippen LogP contribution in [0.4, 0.5) is 0 Å². The Balaban J connectivity index is 3.25. The van der Waals surface area contributed by atoms with Crippen molar-refractivity contribution < 1.29 is 9.59 Å². The van der Waals surface area contributed by atoms with Gasteiger partial charge in [-0.05, 0) is 12.1 Å². The number of carbonyl (C=O) groups excluding carboxylic acids is 2. The Kier molecular flexibility index (Phi) is 2.45. The summed E-state index contributed by atoms with van der Waals surface area (Å²) in [6.45, 7) is 0. The van der Waals surface area contributed by atoms with Crippen LogP contribution in [0.5, 0.6) is 0 Å². The number of aldehydes is 1. The van der Waals surface area contributed by atoms with Gasteiger partial charge < -0.3 is 5.73 Å². The van der Waals surface area contributed by atoms with Crippen LogP contribution in [-0.2, 0) is 0 Å². The maximum absolute atomic E-state index is 10.7. The first kappa shape index (κ1) is 8.74. The summed E-state index contributed by atoms with van der Waals surface area (Å²) < 4.78 is 0. The Hall–Kier alpha value is -1.35. The minimum atomic E-state index is -0.635. The summed E-state index contributed by atoms with van der Waals surface area (Å²) >= 11 is 5.63. The monoisotopic (exact) mass is 183 g/mol. The Morgan fingerprint density at radius 3 is 2.67 bits per heavy atom. The number of rotatable bonds is 2. The van der Waals surface area contributed by atoms with E-state index in [-0.39, 0.29) is 10.6 Å². The fourth-order valence-electron chi connectivity index (χ4n) is 0.805. The average molecular weight is 184 g/mol. The van der Waals surface area contributed by atoms with Crippen molar-refractivity contribution in [3.05, 3.63) is 34.3 Å². The summed E-state index contributed by atoms with van der Waals surface area (Å²) in [5.41, 5.74) is 5.55. The van der Waals surface area contributed by atoms with E-state index in [9.17, 15) is 9.59 Å². The van der Waals surface area contributed by atoms with E-state index >= 15 is 0 Å². The number of primary amides is 1. The Morgan fingerprint density at radius 2 is 2.17 bits per heavy atom. The predicted molar refractivity (Wildman–Crippen MR) is 45.4 cm³/mol. The Bertz CT molecular complexity index is 336. The highest BCUT2D eigenvalue weighted by atomic mass is 35.5. The Morgan fingerprint density at radius 1 is 1.50 bits per heavy atom. The van der Waals surface area contributed by atoms with Crippen molar-refractivity contribution in [2.75, 3.05) is 0 Å². The van der Waals surface area contributed by atoms with Crippen molar-refractivity contribution in [1.29, 1.82) is 0 Å². The van der Waals surface area contributed by atoms with Gasteiger partial charge in [0.1, 0.15) is 6.29 Å². The maximum Gasteiger partial charge on any atom is 0.250 e. The second-order valence-corrected chi connectivity index (χ2v) is 2.63. The third-order valence-corrected chi connectivity index (χ3v) is 1.72. The van der Waals surface area contributed by atoms with Gasteiger partial charge in [0.15, 0.2) is 0 Å². The topological polar surface area (TPSA) is 60.2 Å². The lowest BCUT2D eigenvalue weighted by molar-refractivity contribution is 0.100. The van der Waals surface area contributed by atoms with Crippen LogP contribution in [-0.4, -0.2) is 12.2 Å². The summed E-state index contributed by atoms with van der Waals surface area (Å²) in [6.07, 6.45) is 0.628. The van der Waals surface area contributed by atoms with E-state index < -0.39 is 5.91 Å². The molecular weight excluding hydrogens is 178 g/mol. The minimum absolute atomic E-state index is 0.168. The molecule has 0 fully saturated rings. The van der Waals surface area contributed by atoms with Gasteiger partial charge in [-0.15, -0.1) is 0 Å². The zero-order chi connectivity index (χ0) is 9.14. The minimum Gasteiger partial charge on any atom is -0.366 e. The largest absolute Gasteiger partial charge is 0.366 e. The van der Waals surface area contributed by atoms with Crippen LogP contribution in [0.3, 0.4) is 0 Å². The van der Waals surface area contributed by atoms with E-state index in [2.05, 4.69) is 0 Å². The van der Waals surface area contributed by atoms with Crippen molar-refractivity contribution in [1.82, 2.24) is 0 Å². The SMILES string of the molecule is NC(=O)c1cc(C=O)ccc1Cl. The third kappa shape index (κ3) is 1.62. The predicted octanol–water partition coefficient (Wildman–Crippen LogP) is 1.25.